The Bertz CT molecular complexity index is 917. The molecular weight excluding hydrogens is 378 g/mol. The second-order valence-corrected chi connectivity index (χ2v) is 8.32. The van der Waals surface area contributed by atoms with Crippen molar-refractivity contribution in [1.82, 2.24) is 9.80 Å². The lowest BCUT2D eigenvalue weighted by atomic mass is 10.0. The van der Waals surface area contributed by atoms with Crippen molar-refractivity contribution in [2.45, 2.75) is 38.0 Å². The molecule has 2 heterocycles. The number of benzene rings is 2. The zero-order valence-corrected chi connectivity index (χ0v) is 17.6. The lowest BCUT2D eigenvalue weighted by Crippen LogP contribution is -2.50. The number of likely N-dealkylation sites (tertiary alicyclic amines) is 1. The largest absolute Gasteiger partial charge is 0.392 e. The number of carbonyl (C=O) groups is 2. The molecule has 0 spiro atoms. The quantitative estimate of drug-likeness (QED) is 0.826. The van der Waals surface area contributed by atoms with Gasteiger partial charge in [0.05, 0.1) is 12.1 Å². The molecule has 0 unspecified atom stereocenters. The third-order valence-corrected chi connectivity index (χ3v) is 6.28. The molecule has 30 heavy (non-hydrogen) atoms. The second-order valence-electron chi connectivity index (χ2n) is 8.32. The minimum absolute atomic E-state index is 0.0602. The number of carbonyl (C=O) groups excluding carboxylic acids is 2. The van der Waals surface area contributed by atoms with Crippen LogP contribution < -0.4 is 4.90 Å². The van der Waals surface area contributed by atoms with Crippen molar-refractivity contribution in [3.8, 4) is 0 Å². The lowest BCUT2D eigenvalue weighted by Gasteiger charge is -2.35. The van der Waals surface area contributed by atoms with Gasteiger partial charge in [-0.2, -0.15) is 0 Å². The molecule has 4 rings (SSSR count). The van der Waals surface area contributed by atoms with Gasteiger partial charge in [-0.25, -0.2) is 0 Å². The van der Waals surface area contributed by atoms with Gasteiger partial charge in [0.15, 0.2) is 0 Å². The van der Waals surface area contributed by atoms with Crippen LogP contribution in [0.5, 0.6) is 0 Å². The Hall–Kier alpha value is -2.70. The van der Waals surface area contributed by atoms with Crippen LogP contribution in [0.25, 0.3) is 0 Å². The highest BCUT2D eigenvalue weighted by Gasteiger charge is 2.40. The fourth-order valence-corrected chi connectivity index (χ4v) is 4.71. The summed E-state index contributed by atoms with van der Waals surface area (Å²) in [5.74, 6) is -0.180. The monoisotopic (exact) mass is 407 g/mol. The number of rotatable bonds is 5. The van der Waals surface area contributed by atoms with E-state index in [-0.39, 0.29) is 24.0 Å². The highest BCUT2D eigenvalue weighted by Crippen LogP contribution is 2.34. The number of anilines is 1. The van der Waals surface area contributed by atoms with Gasteiger partial charge in [-0.3, -0.25) is 19.4 Å². The number of para-hydroxylation sites is 1. The summed E-state index contributed by atoms with van der Waals surface area (Å²) in [6.45, 7) is 3.62. The topological polar surface area (TPSA) is 64.1 Å². The molecule has 1 saturated heterocycles. The summed E-state index contributed by atoms with van der Waals surface area (Å²) in [6.07, 6.45) is 0.984. The number of nitrogens with zero attached hydrogens (tertiary/aromatic N) is 3. The second kappa shape index (κ2) is 8.58. The summed E-state index contributed by atoms with van der Waals surface area (Å²) >= 11 is 0. The van der Waals surface area contributed by atoms with Crippen LogP contribution >= 0.6 is 0 Å². The maximum absolute atomic E-state index is 13.6. The summed E-state index contributed by atoms with van der Waals surface area (Å²) in [5.41, 5.74) is 2.91. The van der Waals surface area contributed by atoms with Gasteiger partial charge in [-0.15, -0.1) is 0 Å². The van der Waals surface area contributed by atoms with E-state index in [0.717, 1.165) is 29.8 Å². The molecule has 2 amide bonds. The van der Waals surface area contributed by atoms with Crippen LogP contribution in [0.4, 0.5) is 5.69 Å². The van der Waals surface area contributed by atoms with Gasteiger partial charge < -0.3 is 10.0 Å². The van der Waals surface area contributed by atoms with E-state index in [2.05, 4.69) is 4.90 Å². The van der Waals surface area contributed by atoms with Gasteiger partial charge in [0, 0.05) is 45.7 Å². The predicted molar refractivity (Wildman–Crippen MR) is 116 cm³/mol. The fourth-order valence-electron chi connectivity index (χ4n) is 4.71. The molecule has 2 aromatic carbocycles. The molecule has 3 atom stereocenters. The van der Waals surface area contributed by atoms with Crippen molar-refractivity contribution in [3.63, 3.8) is 0 Å². The summed E-state index contributed by atoms with van der Waals surface area (Å²) in [4.78, 5) is 31.7. The minimum atomic E-state index is -0.528. The van der Waals surface area contributed by atoms with E-state index in [0.29, 0.717) is 19.5 Å². The smallest absolute Gasteiger partial charge is 0.246 e. The first kappa shape index (κ1) is 20.6. The predicted octanol–water partition coefficient (Wildman–Crippen LogP) is 2.23. The molecule has 158 valence electrons. The van der Waals surface area contributed by atoms with E-state index >= 15 is 0 Å². The molecule has 1 N–H and O–H groups in total. The van der Waals surface area contributed by atoms with Crippen molar-refractivity contribution in [3.05, 3.63) is 65.7 Å². The molecule has 0 bridgehead atoms. The number of aliphatic hydroxyl groups excluding tert-OH is 1. The van der Waals surface area contributed by atoms with Crippen molar-refractivity contribution >= 4 is 17.5 Å². The highest BCUT2D eigenvalue weighted by atomic mass is 16.3. The number of amides is 2. The molecule has 1 fully saturated rings. The Kier molecular flexibility index (Phi) is 5.88. The van der Waals surface area contributed by atoms with Gasteiger partial charge in [0.1, 0.15) is 6.04 Å². The first-order valence-electron chi connectivity index (χ1n) is 10.6. The lowest BCUT2D eigenvalue weighted by molar-refractivity contribution is -0.135. The highest BCUT2D eigenvalue weighted by molar-refractivity contribution is 6.02. The van der Waals surface area contributed by atoms with E-state index in [1.807, 2.05) is 61.6 Å². The Morgan fingerprint density at radius 3 is 2.50 bits per heavy atom. The van der Waals surface area contributed by atoms with Crippen LogP contribution in [0.1, 0.15) is 30.5 Å². The Morgan fingerprint density at radius 1 is 1.13 bits per heavy atom. The number of hydrogen-bond donors (Lipinski definition) is 1. The molecule has 0 saturated carbocycles. The molecule has 0 aliphatic carbocycles. The van der Waals surface area contributed by atoms with Crippen LogP contribution in [-0.2, 0) is 16.0 Å². The summed E-state index contributed by atoms with van der Waals surface area (Å²) in [5, 5.41) is 9.93. The van der Waals surface area contributed by atoms with Crippen LogP contribution in [0.2, 0.25) is 0 Å². The van der Waals surface area contributed by atoms with Crippen LogP contribution in [0.15, 0.2) is 54.6 Å². The first-order valence-corrected chi connectivity index (χ1v) is 10.6. The molecular formula is C24H29N3O3. The third kappa shape index (κ3) is 3.98. The molecule has 0 aromatic heterocycles. The first-order chi connectivity index (χ1) is 14.5. The van der Waals surface area contributed by atoms with E-state index in [1.165, 1.54) is 6.92 Å². The number of hydrogen-bond acceptors (Lipinski definition) is 4. The van der Waals surface area contributed by atoms with Crippen LogP contribution in [0.3, 0.4) is 0 Å². The van der Waals surface area contributed by atoms with Gasteiger partial charge in [0.2, 0.25) is 11.8 Å². The van der Waals surface area contributed by atoms with Gasteiger partial charge in [-0.05, 0) is 23.6 Å². The van der Waals surface area contributed by atoms with Crippen molar-refractivity contribution in [1.29, 1.82) is 0 Å². The minimum Gasteiger partial charge on any atom is -0.392 e. The Morgan fingerprint density at radius 2 is 1.83 bits per heavy atom. The Balaban J connectivity index is 1.60. The number of aliphatic hydroxyl groups is 1. The fraction of sp³-hybridized carbons (Fsp3) is 0.417. The average molecular weight is 408 g/mol. The summed E-state index contributed by atoms with van der Waals surface area (Å²) < 4.78 is 0. The van der Waals surface area contributed by atoms with E-state index in [1.54, 1.807) is 9.80 Å². The molecule has 2 aromatic rings. The van der Waals surface area contributed by atoms with Crippen LogP contribution in [-0.4, -0.2) is 65.5 Å². The van der Waals surface area contributed by atoms with Gasteiger partial charge >= 0.3 is 0 Å². The molecule has 0 radical (unpaired) electrons. The summed E-state index contributed by atoms with van der Waals surface area (Å²) in [6, 6.07) is 17.0. The van der Waals surface area contributed by atoms with Crippen molar-refractivity contribution < 1.29 is 14.7 Å². The molecule has 2 aliphatic rings. The van der Waals surface area contributed by atoms with Gasteiger partial charge in [-0.1, -0.05) is 48.5 Å². The van der Waals surface area contributed by atoms with Crippen molar-refractivity contribution in [2.75, 3.05) is 31.6 Å². The van der Waals surface area contributed by atoms with Gasteiger partial charge in [0.25, 0.3) is 0 Å². The number of β-amino-alcohol motifs (C(OH)–C–C–N with tert-alkyl or cyclic N) is 1. The SMILES string of the molecule is CC(=O)N1c2ccccc2C[C@H]1C(=O)N(C)[C@H](CN1CC[C@H](O)C1)c1ccccc1. The molecule has 6 nitrogen and oxygen atoms in total. The third-order valence-electron chi connectivity index (χ3n) is 6.28. The zero-order chi connectivity index (χ0) is 21.3. The Labute approximate surface area is 177 Å². The number of fused-ring (bicyclic) bond motifs is 1. The molecule has 6 heteroatoms. The van der Waals surface area contributed by atoms with E-state index < -0.39 is 6.04 Å². The number of likely N-dealkylation sites (N-methyl/N-ethyl adjacent to an activating group) is 1. The van der Waals surface area contributed by atoms with Crippen molar-refractivity contribution in [2.24, 2.45) is 0 Å². The molecule has 2 aliphatic heterocycles. The average Bonchev–Trinajstić information content (AvgIpc) is 3.34. The zero-order valence-electron chi connectivity index (χ0n) is 17.6. The maximum Gasteiger partial charge on any atom is 0.246 e. The maximum atomic E-state index is 13.6. The summed E-state index contributed by atoms with van der Waals surface area (Å²) in [7, 11) is 1.83. The standard InChI is InChI=1S/C24H29N3O3/c1-17(28)27-21-11-7-6-10-19(21)14-22(27)24(30)25(2)23(18-8-4-3-5-9-18)16-26-13-12-20(29)15-26/h3-11,20,22-23,29H,12-16H2,1-2H3/t20-,22-,23+/m0/s1. The normalized spacial score (nSPS) is 22.0. The van der Waals surface area contributed by atoms with Crippen LogP contribution in [0, 0.1) is 0 Å². The van der Waals surface area contributed by atoms with E-state index in [9.17, 15) is 14.7 Å². The van der Waals surface area contributed by atoms with E-state index in [4.69, 9.17) is 0 Å².